The van der Waals surface area contributed by atoms with Crippen molar-refractivity contribution in [2.75, 3.05) is 5.73 Å². The van der Waals surface area contributed by atoms with Gasteiger partial charge in [-0.15, -0.1) is 0 Å². The molecule has 1 aromatic heterocycles. The molecule has 3 aromatic rings. The Morgan fingerprint density at radius 3 is 2.76 bits per heavy atom. The Hall–Kier alpha value is -2.26. The summed E-state index contributed by atoms with van der Waals surface area (Å²) in [7, 11) is 0. The standard InChI is InChI=1S/C17H14ClNO2/c1-10-13-8-11(18)6-7-16(13)21-17(10)9-15(20)12-4-2-3-5-14(12)19/h2-8H,9,19H2,1H3. The number of nitrogens with two attached hydrogens (primary N) is 1. The zero-order chi connectivity index (χ0) is 15.0. The molecule has 0 spiro atoms. The predicted molar refractivity (Wildman–Crippen MR) is 84.8 cm³/mol. The van der Waals surface area contributed by atoms with Crippen LogP contribution in [0, 0.1) is 6.92 Å². The van der Waals surface area contributed by atoms with E-state index in [2.05, 4.69) is 0 Å². The van der Waals surface area contributed by atoms with Gasteiger partial charge in [-0.2, -0.15) is 0 Å². The summed E-state index contributed by atoms with van der Waals surface area (Å²) < 4.78 is 5.77. The number of ketones is 1. The minimum Gasteiger partial charge on any atom is -0.460 e. The molecule has 0 radical (unpaired) electrons. The number of hydrogen-bond donors (Lipinski definition) is 1. The zero-order valence-corrected chi connectivity index (χ0v) is 12.3. The molecular formula is C17H14ClNO2. The van der Waals surface area contributed by atoms with Crippen molar-refractivity contribution in [1.82, 2.24) is 0 Å². The Labute approximate surface area is 127 Å². The van der Waals surface area contributed by atoms with Crippen LogP contribution in [0.25, 0.3) is 11.0 Å². The van der Waals surface area contributed by atoms with Gasteiger partial charge in [0.1, 0.15) is 11.3 Å². The van der Waals surface area contributed by atoms with Crippen LogP contribution in [-0.4, -0.2) is 5.78 Å². The number of Topliss-reactive ketones (excluding diaryl/α,β-unsaturated/α-hetero) is 1. The van der Waals surface area contributed by atoms with E-state index >= 15 is 0 Å². The molecule has 106 valence electrons. The number of fused-ring (bicyclic) bond motifs is 1. The Bertz CT molecular complexity index is 836. The lowest BCUT2D eigenvalue weighted by Crippen LogP contribution is -2.06. The summed E-state index contributed by atoms with van der Waals surface area (Å²) in [5.74, 6) is 0.599. The summed E-state index contributed by atoms with van der Waals surface area (Å²) >= 11 is 6.00. The number of halogens is 1. The first-order valence-electron chi connectivity index (χ1n) is 6.61. The molecule has 0 saturated heterocycles. The number of carbonyl (C=O) groups is 1. The van der Waals surface area contributed by atoms with Crippen molar-refractivity contribution in [2.45, 2.75) is 13.3 Å². The van der Waals surface area contributed by atoms with E-state index in [4.69, 9.17) is 21.8 Å². The van der Waals surface area contributed by atoms with Crippen LogP contribution < -0.4 is 5.73 Å². The van der Waals surface area contributed by atoms with Gasteiger partial charge in [0.15, 0.2) is 5.78 Å². The van der Waals surface area contributed by atoms with Crippen LogP contribution in [0.5, 0.6) is 0 Å². The highest BCUT2D eigenvalue weighted by atomic mass is 35.5. The fourth-order valence-corrected chi connectivity index (χ4v) is 2.58. The van der Waals surface area contributed by atoms with Crippen molar-refractivity contribution in [3.63, 3.8) is 0 Å². The van der Waals surface area contributed by atoms with E-state index in [1.54, 1.807) is 30.3 Å². The van der Waals surface area contributed by atoms with Crippen molar-refractivity contribution in [2.24, 2.45) is 0 Å². The first kappa shape index (κ1) is 13.7. The van der Waals surface area contributed by atoms with Crippen molar-refractivity contribution < 1.29 is 9.21 Å². The van der Waals surface area contributed by atoms with Gasteiger partial charge in [-0.3, -0.25) is 4.79 Å². The molecule has 0 amide bonds. The monoisotopic (exact) mass is 299 g/mol. The van der Waals surface area contributed by atoms with Gasteiger partial charge < -0.3 is 10.2 Å². The summed E-state index contributed by atoms with van der Waals surface area (Å²) in [4.78, 5) is 12.4. The van der Waals surface area contributed by atoms with Gasteiger partial charge in [-0.05, 0) is 42.8 Å². The van der Waals surface area contributed by atoms with Crippen molar-refractivity contribution in [3.8, 4) is 0 Å². The molecule has 21 heavy (non-hydrogen) atoms. The normalized spacial score (nSPS) is 11.0. The number of anilines is 1. The maximum atomic E-state index is 12.4. The molecule has 0 bridgehead atoms. The van der Waals surface area contributed by atoms with Gasteiger partial charge in [0.25, 0.3) is 0 Å². The second-order valence-corrected chi connectivity index (χ2v) is 5.41. The summed E-state index contributed by atoms with van der Waals surface area (Å²) in [5.41, 5.74) is 8.53. The second kappa shape index (κ2) is 5.26. The summed E-state index contributed by atoms with van der Waals surface area (Å²) in [6, 6.07) is 12.5. The van der Waals surface area contributed by atoms with Crippen molar-refractivity contribution in [3.05, 3.63) is 64.4 Å². The van der Waals surface area contributed by atoms with E-state index < -0.39 is 0 Å². The van der Waals surface area contributed by atoms with Crippen molar-refractivity contribution in [1.29, 1.82) is 0 Å². The molecular weight excluding hydrogens is 286 g/mol. The molecule has 1 heterocycles. The van der Waals surface area contributed by atoms with Gasteiger partial charge in [0.05, 0.1) is 6.42 Å². The lowest BCUT2D eigenvalue weighted by atomic mass is 10.0. The molecule has 2 aromatic carbocycles. The number of hydrogen-bond acceptors (Lipinski definition) is 3. The van der Waals surface area contributed by atoms with Crippen LogP contribution in [0.4, 0.5) is 5.69 Å². The van der Waals surface area contributed by atoms with E-state index in [1.165, 1.54) is 0 Å². The van der Waals surface area contributed by atoms with Gasteiger partial charge in [0.2, 0.25) is 0 Å². The van der Waals surface area contributed by atoms with Crippen molar-refractivity contribution >= 4 is 34.0 Å². The lowest BCUT2D eigenvalue weighted by Gasteiger charge is -2.03. The number of benzene rings is 2. The Kier molecular flexibility index (Phi) is 3.43. The van der Waals surface area contributed by atoms with E-state index in [-0.39, 0.29) is 12.2 Å². The fraction of sp³-hybridized carbons (Fsp3) is 0.118. The smallest absolute Gasteiger partial charge is 0.172 e. The highest BCUT2D eigenvalue weighted by Crippen LogP contribution is 2.29. The number of nitrogen functional groups attached to an aromatic ring is 1. The van der Waals surface area contributed by atoms with Crippen LogP contribution in [0.15, 0.2) is 46.9 Å². The van der Waals surface area contributed by atoms with Crippen LogP contribution >= 0.6 is 11.6 Å². The maximum Gasteiger partial charge on any atom is 0.172 e. The number of aryl methyl sites for hydroxylation is 1. The number of furan rings is 1. The molecule has 0 saturated carbocycles. The summed E-state index contributed by atoms with van der Waals surface area (Å²) in [6.07, 6.45) is 0.187. The lowest BCUT2D eigenvalue weighted by molar-refractivity contribution is 0.0988. The Morgan fingerprint density at radius 1 is 1.24 bits per heavy atom. The highest BCUT2D eigenvalue weighted by Gasteiger charge is 2.16. The molecule has 4 heteroatoms. The minimum absolute atomic E-state index is 0.0543. The van der Waals surface area contributed by atoms with E-state index in [0.29, 0.717) is 22.0 Å². The van der Waals surface area contributed by atoms with Crippen LogP contribution in [-0.2, 0) is 6.42 Å². The molecule has 0 unspecified atom stereocenters. The Morgan fingerprint density at radius 2 is 2.00 bits per heavy atom. The molecule has 0 atom stereocenters. The minimum atomic E-state index is -0.0543. The first-order chi connectivity index (χ1) is 10.1. The topological polar surface area (TPSA) is 56.2 Å². The second-order valence-electron chi connectivity index (χ2n) is 4.98. The number of rotatable bonds is 3. The zero-order valence-electron chi connectivity index (χ0n) is 11.5. The SMILES string of the molecule is Cc1c(CC(=O)c2ccccc2N)oc2ccc(Cl)cc12. The fourth-order valence-electron chi connectivity index (χ4n) is 2.40. The molecule has 3 nitrogen and oxygen atoms in total. The van der Waals surface area contributed by atoms with Crippen LogP contribution in [0.1, 0.15) is 21.7 Å². The average molecular weight is 300 g/mol. The largest absolute Gasteiger partial charge is 0.460 e. The number of para-hydroxylation sites is 1. The average Bonchev–Trinajstić information content (AvgIpc) is 2.76. The predicted octanol–water partition coefficient (Wildman–Crippen LogP) is 4.40. The molecule has 2 N–H and O–H groups in total. The molecule has 3 rings (SSSR count). The molecule has 0 aliphatic carbocycles. The van der Waals surface area contributed by atoms with Crippen LogP contribution in [0.3, 0.4) is 0 Å². The highest BCUT2D eigenvalue weighted by molar-refractivity contribution is 6.31. The first-order valence-corrected chi connectivity index (χ1v) is 6.99. The van der Waals surface area contributed by atoms with E-state index in [9.17, 15) is 4.79 Å². The third-order valence-electron chi connectivity index (χ3n) is 3.58. The number of carbonyl (C=O) groups excluding carboxylic acids is 1. The molecule has 0 aliphatic heterocycles. The quantitative estimate of drug-likeness (QED) is 0.576. The third kappa shape index (κ3) is 2.52. The van der Waals surface area contributed by atoms with E-state index in [0.717, 1.165) is 16.5 Å². The van der Waals surface area contributed by atoms with Gasteiger partial charge in [-0.1, -0.05) is 23.7 Å². The Balaban J connectivity index is 1.97. The van der Waals surface area contributed by atoms with Gasteiger partial charge in [-0.25, -0.2) is 0 Å². The van der Waals surface area contributed by atoms with Gasteiger partial charge >= 0.3 is 0 Å². The van der Waals surface area contributed by atoms with E-state index in [1.807, 2.05) is 19.1 Å². The third-order valence-corrected chi connectivity index (χ3v) is 3.81. The van der Waals surface area contributed by atoms with Gasteiger partial charge in [0, 0.05) is 21.7 Å². The summed E-state index contributed by atoms with van der Waals surface area (Å²) in [5, 5.41) is 1.59. The molecule has 0 fully saturated rings. The van der Waals surface area contributed by atoms with Crippen LogP contribution in [0.2, 0.25) is 5.02 Å². The molecule has 0 aliphatic rings. The summed E-state index contributed by atoms with van der Waals surface area (Å²) in [6.45, 7) is 1.93. The maximum absolute atomic E-state index is 12.4.